The molecule has 0 spiro atoms. The molecule has 0 saturated carbocycles. The van der Waals surface area contributed by atoms with Crippen molar-refractivity contribution in [3.8, 4) is 0 Å². The van der Waals surface area contributed by atoms with E-state index in [4.69, 9.17) is 5.73 Å². The Kier molecular flexibility index (Phi) is 5.77. The Morgan fingerprint density at radius 1 is 1.38 bits per heavy atom. The summed E-state index contributed by atoms with van der Waals surface area (Å²) in [7, 11) is 0. The average molecular weight is 227 g/mol. The van der Waals surface area contributed by atoms with Crippen LogP contribution >= 0.6 is 0 Å². The van der Waals surface area contributed by atoms with Crippen LogP contribution < -0.4 is 11.1 Å². The fourth-order valence-corrected chi connectivity index (χ4v) is 2.08. The third-order valence-electron chi connectivity index (χ3n) is 3.35. The Bertz CT molecular complexity index is 208. The van der Waals surface area contributed by atoms with Crippen molar-refractivity contribution in [2.45, 2.75) is 51.6 Å². The summed E-state index contributed by atoms with van der Waals surface area (Å²) in [5.41, 5.74) is 5.82. The third kappa shape index (κ3) is 4.49. The summed E-state index contributed by atoms with van der Waals surface area (Å²) >= 11 is 0. The smallest absolute Gasteiger partial charge is 0.234 e. The lowest BCUT2D eigenvalue weighted by Gasteiger charge is -2.29. The molecule has 0 radical (unpaired) electrons. The number of piperidine rings is 1. The molecule has 0 bridgehead atoms. The van der Waals surface area contributed by atoms with Crippen molar-refractivity contribution in [2.75, 3.05) is 19.6 Å². The van der Waals surface area contributed by atoms with Gasteiger partial charge in [0, 0.05) is 25.2 Å². The molecule has 4 heteroatoms. The number of carbonyl (C=O) groups is 1. The molecule has 0 atom stereocenters. The second-order valence-corrected chi connectivity index (χ2v) is 4.69. The number of nitrogens with two attached hydrogens (primary N) is 1. The van der Waals surface area contributed by atoms with Crippen LogP contribution in [0.2, 0.25) is 0 Å². The minimum Gasteiger partial charge on any atom is -0.352 e. The normalized spacial score (nSPS) is 19.0. The molecule has 94 valence electrons. The first kappa shape index (κ1) is 13.5. The van der Waals surface area contributed by atoms with E-state index in [2.05, 4.69) is 24.1 Å². The zero-order valence-electron chi connectivity index (χ0n) is 10.5. The average Bonchev–Trinajstić information content (AvgIpc) is 2.29. The van der Waals surface area contributed by atoms with E-state index in [9.17, 15) is 4.79 Å². The first-order chi connectivity index (χ1) is 7.65. The number of rotatable bonds is 5. The number of nitrogens with one attached hydrogen (secondary N) is 1. The van der Waals surface area contributed by atoms with E-state index in [1.165, 1.54) is 0 Å². The monoisotopic (exact) mass is 227 g/mol. The van der Waals surface area contributed by atoms with Crippen LogP contribution in [0.1, 0.15) is 39.5 Å². The fraction of sp³-hybridized carbons (Fsp3) is 0.917. The number of likely N-dealkylation sites (tertiary alicyclic amines) is 1. The van der Waals surface area contributed by atoms with Crippen LogP contribution in [-0.2, 0) is 4.79 Å². The number of hydrogen-bond donors (Lipinski definition) is 2. The zero-order valence-corrected chi connectivity index (χ0v) is 10.5. The maximum atomic E-state index is 11.7. The molecule has 0 aromatic carbocycles. The van der Waals surface area contributed by atoms with E-state index >= 15 is 0 Å². The number of amides is 1. The van der Waals surface area contributed by atoms with Gasteiger partial charge in [-0.2, -0.15) is 0 Å². The van der Waals surface area contributed by atoms with Gasteiger partial charge in [-0.1, -0.05) is 13.8 Å². The number of nitrogens with zero attached hydrogens (tertiary/aromatic N) is 1. The molecule has 1 fully saturated rings. The van der Waals surface area contributed by atoms with Gasteiger partial charge in [-0.3, -0.25) is 9.69 Å². The molecule has 1 aliphatic rings. The first-order valence-corrected chi connectivity index (χ1v) is 6.43. The van der Waals surface area contributed by atoms with Crippen LogP contribution in [0.15, 0.2) is 0 Å². The highest BCUT2D eigenvalue weighted by Crippen LogP contribution is 2.07. The summed E-state index contributed by atoms with van der Waals surface area (Å²) in [5.74, 6) is 0.157. The van der Waals surface area contributed by atoms with Crippen molar-refractivity contribution in [1.82, 2.24) is 10.2 Å². The van der Waals surface area contributed by atoms with E-state index in [1.807, 2.05) is 0 Å². The minimum atomic E-state index is 0.157. The Hall–Kier alpha value is -0.610. The maximum absolute atomic E-state index is 11.7. The van der Waals surface area contributed by atoms with Crippen LogP contribution in [0, 0.1) is 0 Å². The van der Waals surface area contributed by atoms with Gasteiger partial charge < -0.3 is 11.1 Å². The molecule has 0 aromatic rings. The highest BCUT2D eigenvalue weighted by molar-refractivity contribution is 5.78. The fourth-order valence-electron chi connectivity index (χ4n) is 2.08. The molecule has 0 aliphatic carbocycles. The predicted octanol–water partition coefficient (Wildman–Crippen LogP) is 0.714. The van der Waals surface area contributed by atoms with E-state index in [-0.39, 0.29) is 5.91 Å². The standard InChI is InChI=1S/C12H25N3O/c1-3-11(4-2)14-12(16)9-15-7-5-10(13)6-8-15/h10-11H,3-9,13H2,1-2H3,(H,14,16). The molecule has 1 amide bonds. The van der Waals surface area contributed by atoms with Gasteiger partial charge in [-0.25, -0.2) is 0 Å². The SMILES string of the molecule is CCC(CC)NC(=O)CN1CCC(N)CC1. The van der Waals surface area contributed by atoms with Crippen LogP contribution in [0.3, 0.4) is 0 Å². The molecule has 16 heavy (non-hydrogen) atoms. The van der Waals surface area contributed by atoms with Crippen molar-refractivity contribution in [3.63, 3.8) is 0 Å². The Morgan fingerprint density at radius 3 is 2.44 bits per heavy atom. The van der Waals surface area contributed by atoms with Crippen LogP contribution in [0.4, 0.5) is 0 Å². The topological polar surface area (TPSA) is 58.4 Å². The summed E-state index contributed by atoms with van der Waals surface area (Å²) in [5, 5.41) is 3.06. The zero-order chi connectivity index (χ0) is 12.0. The maximum Gasteiger partial charge on any atom is 0.234 e. The van der Waals surface area contributed by atoms with E-state index in [0.717, 1.165) is 38.8 Å². The summed E-state index contributed by atoms with van der Waals surface area (Å²) in [6.45, 7) is 6.65. The van der Waals surface area contributed by atoms with Crippen molar-refractivity contribution in [2.24, 2.45) is 5.73 Å². The van der Waals surface area contributed by atoms with Gasteiger partial charge in [0.15, 0.2) is 0 Å². The van der Waals surface area contributed by atoms with Crippen molar-refractivity contribution in [1.29, 1.82) is 0 Å². The van der Waals surface area contributed by atoms with Crippen molar-refractivity contribution in [3.05, 3.63) is 0 Å². The van der Waals surface area contributed by atoms with Crippen LogP contribution in [0.25, 0.3) is 0 Å². The lowest BCUT2D eigenvalue weighted by molar-refractivity contribution is -0.123. The lowest BCUT2D eigenvalue weighted by Crippen LogP contribution is -2.46. The summed E-state index contributed by atoms with van der Waals surface area (Å²) in [4.78, 5) is 13.9. The molecule has 0 unspecified atom stereocenters. The van der Waals surface area contributed by atoms with Crippen LogP contribution in [0.5, 0.6) is 0 Å². The second kappa shape index (κ2) is 6.86. The predicted molar refractivity (Wildman–Crippen MR) is 66.2 cm³/mol. The number of hydrogen-bond acceptors (Lipinski definition) is 3. The minimum absolute atomic E-state index is 0.157. The van der Waals surface area contributed by atoms with Gasteiger partial charge in [0.2, 0.25) is 5.91 Å². The van der Waals surface area contributed by atoms with Gasteiger partial charge >= 0.3 is 0 Å². The first-order valence-electron chi connectivity index (χ1n) is 6.43. The van der Waals surface area contributed by atoms with Gasteiger partial charge in [0.25, 0.3) is 0 Å². The summed E-state index contributed by atoms with van der Waals surface area (Å²) in [6.07, 6.45) is 4.04. The van der Waals surface area contributed by atoms with E-state index < -0.39 is 0 Å². The Morgan fingerprint density at radius 2 is 1.94 bits per heavy atom. The summed E-state index contributed by atoms with van der Waals surface area (Å²) in [6, 6.07) is 0.665. The molecule has 1 aliphatic heterocycles. The number of carbonyl (C=O) groups excluding carboxylic acids is 1. The molecule has 1 rings (SSSR count). The molecule has 3 N–H and O–H groups in total. The van der Waals surface area contributed by atoms with Gasteiger partial charge in [-0.05, 0) is 25.7 Å². The van der Waals surface area contributed by atoms with Gasteiger partial charge in [-0.15, -0.1) is 0 Å². The third-order valence-corrected chi connectivity index (χ3v) is 3.35. The van der Waals surface area contributed by atoms with Crippen LogP contribution in [-0.4, -0.2) is 42.5 Å². The molecule has 1 heterocycles. The van der Waals surface area contributed by atoms with Crippen molar-refractivity contribution >= 4 is 5.91 Å². The van der Waals surface area contributed by atoms with E-state index in [1.54, 1.807) is 0 Å². The van der Waals surface area contributed by atoms with Gasteiger partial charge in [0.1, 0.15) is 0 Å². The lowest BCUT2D eigenvalue weighted by atomic mass is 10.1. The van der Waals surface area contributed by atoms with E-state index in [0.29, 0.717) is 18.6 Å². The quantitative estimate of drug-likeness (QED) is 0.727. The van der Waals surface area contributed by atoms with Crippen molar-refractivity contribution < 1.29 is 4.79 Å². The molecule has 4 nitrogen and oxygen atoms in total. The largest absolute Gasteiger partial charge is 0.352 e. The molecule has 1 saturated heterocycles. The van der Waals surface area contributed by atoms with Gasteiger partial charge in [0.05, 0.1) is 6.54 Å². The molecule has 0 aromatic heterocycles. The Labute approximate surface area is 98.6 Å². The molecular formula is C12H25N3O. The highest BCUT2D eigenvalue weighted by atomic mass is 16.2. The highest BCUT2D eigenvalue weighted by Gasteiger charge is 2.18. The summed E-state index contributed by atoms with van der Waals surface area (Å²) < 4.78 is 0. The molecular weight excluding hydrogens is 202 g/mol. The second-order valence-electron chi connectivity index (χ2n) is 4.69. The Balaban J connectivity index is 2.23.